The standard InChI is InChI=1S/C13H23NO7/c1-9(7-11(16)19-3)12(13(17)20-4)14-10(15)8-21-6-5-18-2/h9,12H,5-8H2,1-4H3,(H,14,15)/t9-,12-/m0/s1. The third-order valence-electron chi connectivity index (χ3n) is 2.72. The van der Waals surface area contributed by atoms with E-state index in [4.69, 9.17) is 9.47 Å². The molecule has 0 radical (unpaired) electrons. The molecule has 0 rings (SSSR count). The molecule has 0 aromatic heterocycles. The Morgan fingerprint density at radius 2 is 1.71 bits per heavy atom. The van der Waals surface area contributed by atoms with Gasteiger partial charge in [-0.1, -0.05) is 6.92 Å². The number of amides is 1. The highest BCUT2D eigenvalue weighted by molar-refractivity contribution is 5.85. The van der Waals surface area contributed by atoms with Crippen LogP contribution in [0.4, 0.5) is 0 Å². The van der Waals surface area contributed by atoms with Gasteiger partial charge >= 0.3 is 11.9 Å². The molecule has 8 heteroatoms. The second kappa shape index (κ2) is 11.0. The number of carbonyl (C=O) groups excluding carboxylic acids is 3. The van der Waals surface area contributed by atoms with Gasteiger partial charge < -0.3 is 24.3 Å². The Bertz CT molecular complexity index is 345. The zero-order valence-corrected chi connectivity index (χ0v) is 12.8. The first-order valence-electron chi connectivity index (χ1n) is 6.46. The minimum atomic E-state index is -0.937. The van der Waals surface area contributed by atoms with Crippen LogP contribution in [0.2, 0.25) is 0 Å². The average Bonchev–Trinajstić information content (AvgIpc) is 2.48. The van der Waals surface area contributed by atoms with Gasteiger partial charge in [0.1, 0.15) is 12.6 Å². The van der Waals surface area contributed by atoms with Crippen molar-refractivity contribution in [1.29, 1.82) is 0 Å². The van der Waals surface area contributed by atoms with E-state index in [0.717, 1.165) is 0 Å². The molecule has 0 heterocycles. The molecule has 0 bridgehead atoms. The van der Waals surface area contributed by atoms with Crippen LogP contribution in [-0.4, -0.2) is 65.0 Å². The van der Waals surface area contributed by atoms with Crippen molar-refractivity contribution in [3.05, 3.63) is 0 Å². The lowest BCUT2D eigenvalue weighted by molar-refractivity contribution is -0.149. The SMILES string of the molecule is COCCOCC(=O)N[C@H](C(=O)OC)[C@@H](C)CC(=O)OC. The van der Waals surface area contributed by atoms with E-state index in [1.165, 1.54) is 21.3 Å². The first kappa shape index (κ1) is 19.3. The Labute approximate surface area is 124 Å². The molecule has 0 aromatic carbocycles. The van der Waals surface area contributed by atoms with Crippen LogP contribution in [0.25, 0.3) is 0 Å². The Balaban J connectivity index is 4.44. The smallest absolute Gasteiger partial charge is 0.328 e. The van der Waals surface area contributed by atoms with Crippen LogP contribution >= 0.6 is 0 Å². The number of rotatable bonds is 10. The summed E-state index contributed by atoms with van der Waals surface area (Å²) in [4.78, 5) is 34.6. The maximum absolute atomic E-state index is 11.7. The third-order valence-corrected chi connectivity index (χ3v) is 2.72. The molecule has 0 aromatic rings. The Morgan fingerprint density at radius 3 is 2.24 bits per heavy atom. The summed E-state index contributed by atoms with van der Waals surface area (Å²) in [5.74, 6) is -2.04. The molecule has 0 unspecified atom stereocenters. The van der Waals surface area contributed by atoms with Crippen molar-refractivity contribution < 1.29 is 33.3 Å². The second-order valence-corrected chi connectivity index (χ2v) is 4.37. The van der Waals surface area contributed by atoms with Crippen LogP contribution in [0, 0.1) is 5.92 Å². The summed E-state index contributed by atoms with van der Waals surface area (Å²) >= 11 is 0. The Morgan fingerprint density at radius 1 is 1.05 bits per heavy atom. The molecule has 2 atom stereocenters. The number of hydrogen-bond acceptors (Lipinski definition) is 7. The molecule has 21 heavy (non-hydrogen) atoms. The van der Waals surface area contributed by atoms with Crippen molar-refractivity contribution in [2.24, 2.45) is 5.92 Å². The van der Waals surface area contributed by atoms with Gasteiger partial charge in [-0.25, -0.2) is 4.79 Å². The lowest BCUT2D eigenvalue weighted by atomic mass is 9.98. The van der Waals surface area contributed by atoms with Crippen LogP contribution in [-0.2, 0) is 33.3 Å². The normalized spacial score (nSPS) is 13.1. The highest BCUT2D eigenvalue weighted by atomic mass is 16.5. The van der Waals surface area contributed by atoms with Crippen molar-refractivity contribution in [3.8, 4) is 0 Å². The molecule has 0 aliphatic heterocycles. The van der Waals surface area contributed by atoms with Crippen LogP contribution in [0.1, 0.15) is 13.3 Å². The van der Waals surface area contributed by atoms with Crippen LogP contribution in [0.5, 0.6) is 0 Å². The van der Waals surface area contributed by atoms with E-state index in [0.29, 0.717) is 6.61 Å². The van der Waals surface area contributed by atoms with Crippen molar-refractivity contribution in [2.45, 2.75) is 19.4 Å². The number of hydrogen-bond donors (Lipinski definition) is 1. The fraction of sp³-hybridized carbons (Fsp3) is 0.769. The van der Waals surface area contributed by atoms with Gasteiger partial charge in [-0.05, 0) is 5.92 Å². The van der Waals surface area contributed by atoms with Crippen LogP contribution in [0.3, 0.4) is 0 Å². The summed E-state index contributed by atoms with van der Waals surface area (Å²) < 4.78 is 19.0. The molecule has 0 saturated heterocycles. The van der Waals surface area contributed by atoms with E-state index in [-0.39, 0.29) is 19.6 Å². The summed E-state index contributed by atoms with van der Waals surface area (Å²) in [5, 5.41) is 2.49. The first-order chi connectivity index (χ1) is 9.96. The van der Waals surface area contributed by atoms with Gasteiger partial charge in [-0.2, -0.15) is 0 Å². The zero-order valence-electron chi connectivity index (χ0n) is 12.8. The minimum absolute atomic E-state index is 0.0128. The van der Waals surface area contributed by atoms with E-state index < -0.39 is 29.8 Å². The summed E-state index contributed by atoms with van der Waals surface area (Å²) in [5.41, 5.74) is 0. The van der Waals surface area contributed by atoms with E-state index in [1.807, 2.05) is 0 Å². The largest absolute Gasteiger partial charge is 0.469 e. The molecule has 0 aliphatic carbocycles. The predicted octanol–water partition coefficient (Wildman–Crippen LogP) is -0.494. The molecule has 122 valence electrons. The van der Waals surface area contributed by atoms with E-state index in [9.17, 15) is 14.4 Å². The van der Waals surface area contributed by atoms with E-state index >= 15 is 0 Å². The second-order valence-electron chi connectivity index (χ2n) is 4.37. The number of ether oxygens (including phenoxy) is 4. The zero-order chi connectivity index (χ0) is 16.3. The molecule has 0 spiro atoms. The van der Waals surface area contributed by atoms with Crippen LogP contribution < -0.4 is 5.32 Å². The van der Waals surface area contributed by atoms with Gasteiger partial charge in [0.15, 0.2) is 0 Å². The Hall–Kier alpha value is -1.67. The number of nitrogens with one attached hydrogen (secondary N) is 1. The van der Waals surface area contributed by atoms with Gasteiger partial charge in [0.25, 0.3) is 0 Å². The van der Waals surface area contributed by atoms with E-state index in [1.54, 1.807) is 6.92 Å². The summed E-state index contributed by atoms with van der Waals surface area (Å²) in [6, 6.07) is -0.937. The fourth-order valence-corrected chi connectivity index (χ4v) is 1.55. The molecule has 1 N–H and O–H groups in total. The van der Waals surface area contributed by atoms with Crippen molar-refractivity contribution in [3.63, 3.8) is 0 Å². The number of methoxy groups -OCH3 is 3. The van der Waals surface area contributed by atoms with Gasteiger partial charge in [0.05, 0.1) is 33.9 Å². The van der Waals surface area contributed by atoms with Crippen molar-refractivity contribution in [2.75, 3.05) is 41.2 Å². The molecule has 1 amide bonds. The molecular formula is C13H23NO7. The maximum atomic E-state index is 11.7. The topological polar surface area (TPSA) is 100 Å². The van der Waals surface area contributed by atoms with Gasteiger partial charge in [-0.3, -0.25) is 9.59 Å². The lowest BCUT2D eigenvalue weighted by Gasteiger charge is -2.22. The fourth-order valence-electron chi connectivity index (χ4n) is 1.55. The lowest BCUT2D eigenvalue weighted by Crippen LogP contribution is -2.47. The van der Waals surface area contributed by atoms with Crippen molar-refractivity contribution in [1.82, 2.24) is 5.32 Å². The van der Waals surface area contributed by atoms with Crippen molar-refractivity contribution >= 4 is 17.8 Å². The molecular weight excluding hydrogens is 282 g/mol. The van der Waals surface area contributed by atoms with Crippen LogP contribution in [0.15, 0.2) is 0 Å². The average molecular weight is 305 g/mol. The monoisotopic (exact) mass is 305 g/mol. The number of carbonyl (C=O) groups is 3. The summed E-state index contributed by atoms with van der Waals surface area (Å²) in [6.07, 6.45) is -0.0128. The molecule has 0 fully saturated rings. The summed E-state index contributed by atoms with van der Waals surface area (Å²) in [7, 11) is 3.98. The van der Waals surface area contributed by atoms with Gasteiger partial charge in [0.2, 0.25) is 5.91 Å². The third kappa shape index (κ3) is 8.26. The maximum Gasteiger partial charge on any atom is 0.328 e. The first-order valence-corrected chi connectivity index (χ1v) is 6.46. The van der Waals surface area contributed by atoms with Gasteiger partial charge in [-0.15, -0.1) is 0 Å². The molecule has 0 aliphatic rings. The quantitative estimate of drug-likeness (QED) is 0.429. The summed E-state index contributed by atoms with van der Waals surface area (Å²) in [6.45, 7) is 2.07. The van der Waals surface area contributed by atoms with E-state index in [2.05, 4.69) is 14.8 Å². The number of esters is 2. The molecule has 8 nitrogen and oxygen atoms in total. The predicted molar refractivity (Wildman–Crippen MR) is 72.4 cm³/mol. The highest BCUT2D eigenvalue weighted by Crippen LogP contribution is 2.11. The minimum Gasteiger partial charge on any atom is -0.469 e. The Kier molecular flexibility index (Phi) is 10.2. The van der Waals surface area contributed by atoms with Gasteiger partial charge in [0, 0.05) is 7.11 Å². The highest BCUT2D eigenvalue weighted by Gasteiger charge is 2.29. The molecule has 0 saturated carbocycles.